The number of amides is 3. The normalized spacial score (nSPS) is 10.6. The number of ether oxygens (including phenoxy) is 1. The highest BCUT2D eigenvalue weighted by Crippen LogP contribution is 2.14. The lowest BCUT2D eigenvalue weighted by Gasteiger charge is -2.11. The summed E-state index contributed by atoms with van der Waals surface area (Å²) in [6, 6.07) is 13.2. The molecule has 0 atom stereocenters. The van der Waals surface area contributed by atoms with E-state index in [0.717, 1.165) is 0 Å². The standard InChI is InChI=1S/C23H29N3O4/c1-15(2)12-21(27)24-19-10-8-17(9-11-19)22(28)25-26-23(29)18-6-5-7-20(13-18)30-14-16(3)4/h5-11,13,15-16H,12,14H2,1-4H3,(H,24,27)(H,25,28)(H,26,29). The largest absolute Gasteiger partial charge is 0.493 e. The number of hydrazine groups is 1. The number of benzene rings is 2. The Morgan fingerprint density at radius 1 is 0.833 bits per heavy atom. The van der Waals surface area contributed by atoms with E-state index in [1.807, 2.05) is 27.7 Å². The summed E-state index contributed by atoms with van der Waals surface area (Å²) in [6.45, 7) is 8.57. The molecule has 0 aliphatic carbocycles. The maximum Gasteiger partial charge on any atom is 0.269 e. The zero-order chi connectivity index (χ0) is 22.1. The highest BCUT2D eigenvalue weighted by Gasteiger charge is 2.11. The molecule has 30 heavy (non-hydrogen) atoms. The molecule has 0 aromatic heterocycles. The number of hydrogen-bond donors (Lipinski definition) is 3. The lowest BCUT2D eigenvalue weighted by Crippen LogP contribution is -2.41. The van der Waals surface area contributed by atoms with Crippen LogP contribution in [0.25, 0.3) is 0 Å². The van der Waals surface area contributed by atoms with Gasteiger partial charge >= 0.3 is 0 Å². The first-order valence-electron chi connectivity index (χ1n) is 9.98. The smallest absolute Gasteiger partial charge is 0.269 e. The van der Waals surface area contributed by atoms with Crippen LogP contribution in [0.15, 0.2) is 48.5 Å². The molecule has 0 saturated heterocycles. The average Bonchev–Trinajstić information content (AvgIpc) is 2.70. The minimum absolute atomic E-state index is 0.0749. The Bertz CT molecular complexity index is 876. The molecule has 7 heteroatoms. The molecule has 0 aliphatic rings. The van der Waals surface area contributed by atoms with E-state index in [1.54, 1.807) is 48.5 Å². The molecule has 0 radical (unpaired) electrons. The van der Waals surface area contributed by atoms with Crippen molar-refractivity contribution in [3.05, 3.63) is 59.7 Å². The summed E-state index contributed by atoms with van der Waals surface area (Å²) < 4.78 is 5.62. The minimum atomic E-state index is -0.462. The molecule has 160 valence electrons. The van der Waals surface area contributed by atoms with Crippen LogP contribution in [0, 0.1) is 11.8 Å². The maximum absolute atomic E-state index is 12.3. The Morgan fingerprint density at radius 2 is 1.47 bits per heavy atom. The van der Waals surface area contributed by atoms with Crippen molar-refractivity contribution in [2.24, 2.45) is 11.8 Å². The van der Waals surface area contributed by atoms with Crippen molar-refractivity contribution in [3.8, 4) is 5.75 Å². The van der Waals surface area contributed by atoms with Crippen molar-refractivity contribution in [2.45, 2.75) is 34.1 Å². The third-order valence-corrected chi connectivity index (χ3v) is 3.99. The summed E-state index contributed by atoms with van der Waals surface area (Å²) in [4.78, 5) is 36.4. The van der Waals surface area contributed by atoms with E-state index >= 15 is 0 Å². The second-order valence-corrected chi connectivity index (χ2v) is 7.86. The predicted molar refractivity (Wildman–Crippen MR) is 116 cm³/mol. The summed E-state index contributed by atoms with van der Waals surface area (Å²) in [6.07, 6.45) is 0.429. The van der Waals surface area contributed by atoms with Gasteiger partial charge in [-0.1, -0.05) is 33.8 Å². The first kappa shape index (κ1) is 22.9. The summed E-state index contributed by atoms with van der Waals surface area (Å²) in [5.41, 5.74) is 6.12. The van der Waals surface area contributed by atoms with E-state index in [0.29, 0.717) is 41.5 Å². The summed E-state index contributed by atoms with van der Waals surface area (Å²) >= 11 is 0. The number of nitrogens with one attached hydrogen (secondary N) is 3. The van der Waals surface area contributed by atoms with Gasteiger partial charge in [0.15, 0.2) is 0 Å². The fourth-order valence-electron chi connectivity index (χ4n) is 2.54. The van der Waals surface area contributed by atoms with Crippen LogP contribution < -0.4 is 20.9 Å². The topological polar surface area (TPSA) is 96.5 Å². The molecular weight excluding hydrogens is 382 g/mol. The Hall–Kier alpha value is -3.35. The van der Waals surface area contributed by atoms with Gasteiger partial charge in [0.25, 0.3) is 11.8 Å². The van der Waals surface area contributed by atoms with E-state index in [2.05, 4.69) is 16.2 Å². The van der Waals surface area contributed by atoms with Crippen molar-refractivity contribution in [1.29, 1.82) is 0 Å². The van der Waals surface area contributed by atoms with Crippen LogP contribution >= 0.6 is 0 Å². The van der Waals surface area contributed by atoms with Gasteiger partial charge < -0.3 is 10.1 Å². The van der Waals surface area contributed by atoms with Gasteiger partial charge in [0, 0.05) is 23.2 Å². The van der Waals surface area contributed by atoms with Crippen LogP contribution in [0.2, 0.25) is 0 Å². The van der Waals surface area contributed by atoms with E-state index in [4.69, 9.17) is 4.74 Å². The summed E-state index contributed by atoms with van der Waals surface area (Å²) in [5, 5.41) is 2.78. The Balaban J connectivity index is 1.88. The summed E-state index contributed by atoms with van der Waals surface area (Å²) in [7, 11) is 0. The number of rotatable bonds is 8. The molecule has 0 heterocycles. The third kappa shape index (κ3) is 7.58. The van der Waals surface area contributed by atoms with Gasteiger partial charge in [-0.3, -0.25) is 25.2 Å². The Kier molecular flexibility index (Phi) is 8.41. The van der Waals surface area contributed by atoms with Gasteiger partial charge in [-0.25, -0.2) is 0 Å². The van der Waals surface area contributed by atoms with Crippen molar-refractivity contribution in [2.75, 3.05) is 11.9 Å². The monoisotopic (exact) mass is 411 g/mol. The molecule has 2 aromatic rings. The molecular formula is C23H29N3O4. The van der Waals surface area contributed by atoms with Crippen molar-refractivity contribution in [1.82, 2.24) is 10.9 Å². The fraction of sp³-hybridized carbons (Fsp3) is 0.348. The van der Waals surface area contributed by atoms with Crippen LogP contribution in [0.5, 0.6) is 5.75 Å². The number of carbonyl (C=O) groups excluding carboxylic acids is 3. The van der Waals surface area contributed by atoms with Gasteiger partial charge in [0.1, 0.15) is 5.75 Å². The molecule has 0 unspecified atom stereocenters. The zero-order valence-corrected chi connectivity index (χ0v) is 17.8. The molecule has 0 aliphatic heterocycles. The van der Waals surface area contributed by atoms with Gasteiger partial charge in [-0.05, 0) is 54.3 Å². The quantitative estimate of drug-likeness (QED) is 0.576. The van der Waals surface area contributed by atoms with E-state index in [-0.39, 0.29) is 11.8 Å². The second-order valence-electron chi connectivity index (χ2n) is 7.86. The number of carbonyl (C=O) groups is 3. The number of anilines is 1. The van der Waals surface area contributed by atoms with E-state index in [9.17, 15) is 14.4 Å². The third-order valence-electron chi connectivity index (χ3n) is 3.99. The molecule has 0 bridgehead atoms. The Labute approximate surface area is 177 Å². The second kappa shape index (κ2) is 11.0. The molecule has 2 rings (SSSR count). The maximum atomic E-state index is 12.3. The van der Waals surface area contributed by atoms with Gasteiger partial charge in [-0.2, -0.15) is 0 Å². The zero-order valence-electron chi connectivity index (χ0n) is 17.8. The molecule has 0 spiro atoms. The Morgan fingerprint density at radius 3 is 2.07 bits per heavy atom. The molecule has 3 N–H and O–H groups in total. The average molecular weight is 412 g/mol. The van der Waals surface area contributed by atoms with Gasteiger partial charge in [-0.15, -0.1) is 0 Å². The molecule has 2 aromatic carbocycles. The van der Waals surface area contributed by atoms with Crippen molar-refractivity contribution in [3.63, 3.8) is 0 Å². The van der Waals surface area contributed by atoms with E-state index in [1.165, 1.54) is 0 Å². The number of hydrogen-bond acceptors (Lipinski definition) is 4. The lowest BCUT2D eigenvalue weighted by molar-refractivity contribution is -0.116. The van der Waals surface area contributed by atoms with Crippen molar-refractivity contribution < 1.29 is 19.1 Å². The molecule has 3 amide bonds. The predicted octanol–water partition coefficient (Wildman–Crippen LogP) is 3.78. The fourth-order valence-corrected chi connectivity index (χ4v) is 2.54. The highest BCUT2D eigenvalue weighted by atomic mass is 16.5. The van der Waals surface area contributed by atoms with Crippen LogP contribution in [-0.4, -0.2) is 24.3 Å². The first-order valence-corrected chi connectivity index (χ1v) is 9.98. The van der Waals surface area contributed by atoms with Crippen LogP contribution in [-0.2, 0) is 4.79 Å². The van der Waals surface area contributed by atoms with Crippen LogP contribution in [0.1, 0.15) is 54.8 Å². The minimum Gasteiger partial charge on any atom is -0.493 e. The van der Waals surface area contributed by atoms with Crippen LogP contribution in [0.4, 0.5) is 5.69 Å². The highest BCUT2D eigenvalue weighted by molar-refractivity contribution is 5.99. The first-order chi connectivity index (χ1) is 14.2. The van der Waals surface area contributed by atoms with Gasteiger partial charge in [0.2, 0.25) is 5.91 Å². The lowest BCUT2D eigenvalue weighted by atomic mass is 10.1. The van der Waals surface area contributed by atoms with Crippen molar-refractivity contribution >= 4 is 23.4 Å². The van der Waals surface area contributed by atoms with E-state index < -0.39 is 11.8 Å². The molecule has 0 fully saturated rings. The van der Waals surface area contributed by atoms with Gasteiger partial charge in [0.05, 0.1) is 6.61 Å². The SMILES string of the molecule is CC(C)COc1cccc(C(=O)NNC(=O)c2ccc(NC(=O)CC(C)C)cc2)c1. The molecule has 0 saturated carbocycles. The molecule has 7 nitrogen and oxygen atoms in total. The van der Waals surface area contributed by atoms with Crippen LogP contribution in [0.3, 0.4) is 0 Å². The summed E-state index contributed by atoms with van der Waals surface area (Å²) in [5.74, 6) is 0.246.